The van der Waals surface area contributed by atoms with Gasteiger partial charge in [0.1, 0.15) is 12.4 Å². The van der Waals surface area contributed by atoms with Gasteiger partial charge in [-0.25, -0.2) is 0 Å². The van der Waals surface area contributed by atoms with Crippen LogP contribution in [0.25, 0.3) is 0 Å². The lowest BCUT2D eigenvalue weighted by molar-refractivity contribution is 0.298. The third-order valence-corrected chi connectivity index (χ3v) is 3.22. The van der Waals surface area contributed by atoms with Crippen molar-refractivity contribution in [3.8, 4) is 5.75 Å². The second kappa shape index (κ2) is 6.92. The molecule has 0 aliphatic carbocycles. The number of hydrogen-bond donors (Lipinski definition) is 1. The Morgan fingerprint density at radius 3 is 2.52 bits per heavy atom. The van der Waals surface area contributed by atoms with Gasteiger partial charge in [0.2, 0.25) is 0 Å². The van der Waals surface area contributed by atoms with Crippen molar-refractivity contribution >= 4 is 5.71 Å². The minimum atomic E-state index is 0.350. The molecule has 2 aromatic rings. The van der Waals surface area contributed by atoms with Crippen molar-refractivity contribution in [1.29, 1.82) is 0 Å². The Morgan fingerprint density at radius 2 is 2.00 bits per heavy atom. The second-order valence-electron chi connectivity index (χ2n) is 5.09. The lowest BCUT2D eigenvalue weighted by Gasteiger charge is -2.07. The minimum absolute atomic E-state index is 0.350. The molecule has 0 fully saturated rings. The van der Waals surface area contributed by atoms with E-state index in [1.165, 1.54) is 0 Å². The van der Waals surface area contributed by atoms with E-state index in [-0.39, 0.29) is 0 Å². The summed E-state index contributed by atoms with van der Waals surface area (Å²) in [5, 5.41) is 16.6. The van der Waals surface area contributed by atoms with Gasteiger partial charge in [0.25, 0.3) is 0 Å². The van der Waals surface area contributed by atoms with Crippen LogP contribution in [0.5, 0.6) is 5.75 Å². The highest BCUT2D eigenvalue weighted by Crippen LogP contribution is 2.15. The molecule has 112 valence electrons. The fourth-order valence-electron chi connectivity index (χ4n) is 1.98. The molecule has 0 saturated heterocycles. The summed E-state index contributed by atoms with van der Waals surface area (Å²) in [6.45, 7) is 6.56. The Labute approximate surface area is 124 Å². The van der Waals surface area contributed by atoms with Gasteiger partial charge in [-0.1, -0.05) is 12.1 Å². The summed E-state index contributed by atoms with van der Waals surface area (Å²) in [4.78, 5) is 0. The molecular weight excluding hydrogens is 266 g/mol. The third-order valence-electron chi connectivity index (χ3n) is 3.22. The normalized spacial score (nSPS) is 11.9. The zero-order valence-corrected chi connectivity index (χ0v) is 12.7. The molecule has 5 heteroatoms. The maximum atomic E-state index is 8.89. The van der Waals surface area contributed by atoms with Crippen molar-refractivity contribution < 1.29 is 9.94 Å². The van der Waals surface area contributed by atoms with Crippen LogP contribution in [0.1, 0.15) is 44.5 Å². The van der Waals surface area contributed by atoms with Gasteiger partial charge in [-0.15, -0.1) is 0 Å². The van der Waals surface area contributed by atoms with Gasteiger partial charge in [0.05, 0.1) is 11.4 Å². The summed E-state index contributed by atoms with van der Waals surface area (Å²) in [6, 6.07) is 9.83. The molecule has 0 aliphatic heterocycles. The molecule has 0 saturated carbocycles. The first kappa shape index (κ1) is 15.1. The summed E-state index contributed by atoms with van der Waals surface area (Å²) < 4.78 is 7.62. The smallest absolute Gasteiger partial charge is 0.132 e. The molecule has 0 spiro atoms. The van der Waals surface area contributed by atoms with Crippen molar-refractivity contribution in [2.24, 2.45) is 5.16 Å². The van der Waals surface area contributed by atoms with E-state index in [1.807, 2.05) is 48.1 Å². The third kappa shape index (κ3) is 3.84. The first-order valence-electron chi connectivity index (χ1n) is 7.12. The first-order chi connectivity index (χ1) is 10.1. The molecule has 1 aromatic heterocycles. The fourth-order valence-corrected chi connectivity index (χ4v) is 1.98. The monoisotopic (exact) mass is 287 g/mol. The molecule has 0 aliphatic rings. The topological polar surface area (TPSA) is 59.6 Å². The number of ether oxygens (including phenoxy) is 1. The van der Waals surface area contributed by atoms with Crippen molar-refractivity contribution in [3.63, 3.8) is 0 Å². The highest BCUT2D eigenvalue weighted by atomic mass is 16.5. The van der Waals surface area contributed by atoms with Crippen LogP contribution in [-0.4, -0.2) is 20.7 Å². The van der Waals surface area contributed by atoms with Crippen molar-refractivity contribution in [3.05, 3.63) is 47.8 Å². The van der Waals surface area contributed by atoms with Gasteiger partial charge < -0.3 is 9.94 Å². The Bertz CT molecular complexity index is 600. The molecule has 0 atom stereocenters. The number of hydrogen-bond acceptors (Lipinski definition) is 4. The number of benzene rings is 1. The molecule has 5 nitrogen and oxygen atoms in total. The predicted octanol–water partition coefficient (Wildman–Crippen LogP) is 3.63. The van der Waals surface area contributed by atoms with Crippen LogP contribution in [0.4, 0.5) is 0 Å². The van der Waals surface area contributed by atoms with Crippen molar-refractivity contribution in [1.82, 2.24) is 9.78 Å². The van der Waals surface area contributed by atoms with E-state index in [2.05, 4.69) is 24.1 Å². The van der Waals surface area contributed by atoms with Gasteiger partial charge in [-0.3, -0.25) is 4.68 Å². The Morgan fingerprint density at radius 1 is 1.29 bits per heavy atom. The standard InChI is InChI=1S/C16H21N3O2/c1-4-16(18-20)13-5-7-15(8-6-13)21-11-14-9-10-19(17-14)12(2)3/h5-10,12,20H,4,11H2,1-3H3. The second-order valence-corrected chi connectivity index (χ2v) is 5.09. The van der Waals surface area contributed by atoms with E-state index in [0.29, 0.717) is 24.8 Å². The zero-order chi connectivity index (χ0) is 15.2. The molecule has 1 heterocycles. The maximum absolute atomic E-state index is 8.89. The molecule has 1 aromatic carbocycles. The molecule has 21 heavy (non-hydrogen) atoms. The maximum Gasteiger partial charge on any atom is 0.132 e. The van der Waals surface area contributed by atoms with E-state index >= 15 is 0 Å². The fraction of sp³-hybridized carbons (Fsp3) is 0.375. The summed E-state index contributed by atoms with van der Waals surface area (Å²) in [5.41, 5.74) is 2.47. The van der Waals surface area contributed by atoms with Crippen LogP contribution in [0, 0.1) is 0 Å². The van der Waals surface area contributed by atoms with Gasteiger partial charge in [0, 0.05) is 12.2 Å². The van der Waals surface area contributed by atoms with Gasteiger partial charge >= 0.3 is 0 Å². The molecule has 0 bridgehead atoms. The zero-order valence-electron chi connectivity index (χ0n) is 12.7. The molecule has 0 radical (unpaired) electrons. The lowest BCUT2D eigenvalue weighted by atomic mass is 10.1. The van der Waals surface area contributed by atoms with E-state index in [4.69, 9.17) is 9.94 Å². The Kier molecular flexibility index (Phi) is 4.98. The Balaban J connectivity index is 1.97. The molecule has 0 amide bonds. The van der Waals surface area contributed by atoms with Crippen molar-refractivity contribution in [2.75, 3.05) is 0 Å². The van der Waals surface area contributed by atoms with Gasteiger partial charge in [-0.05, 0) is 56.2 Å². The van der Waals surface area contributed by atoms with Crippen LogP contribution in [-0.2, 0) is 6.61 Å². The molecule has 1 N–H and O–H groups in total. The Hall–Kier alpha value is -2.30. The summed E-state index contributed by atoms with van der Waals surface area (Å²) in [6.07, 6.45) is 2.64. The first-order valence-corrected chi connectivity index (χ1v) is 7.12. The molecule has 0 unspecified atom stereocenters. The number of nitrogens with zero attached hydrogens (tertiary/aromatic N) is 3. The summed E-state index contributed by atoms with van der Waals surface area (Å²) in [5.74, 6) is 0.770. The van der Waals surface area contributed by atoms with Gasteiger partial charge in [0.15, 0.2) is 0 Å². The van der Waals surface area contributed by atoms with Crippen LogP contribution in [0.3, 0.4) is 0 Å². The number of rotatable bonds is 6. The largest absolute Gasteiger partial charge is 0.487 e. The van der Waals surface area contributed by atoms with Crippen LogP contribution >= 0.6 is 0 Å². The SMILES string of the molecule is CCC(=NO)c1ccc(OCc2ccn(C(C)C)n2)cc1. The number of aromatic nitrogens is 2. The summed E-state index contributed by atoms with van der Waals surface area (Å²) >= 11 is 0. The highest BCUT2D eigenvalue weighted by Gasteiger charge is 2.04. The summed E-state index contributed by atoms with van der Waals surface area (Å²) in [7, 11) is 0. The van der Waals surface area contributed by atoms with E-state index < -0.39 is 0 Å². The minimum Gasteiger partial charge on any atom is -0.487 e. The average molecular weight is 287 g/mol. The van der Waals surface area contributed by atoms with E-state index in [1.54, 1.807) is 0 Å². The highest BCUT2D eigenvalue weighted by molar-refractivity contribution is 6.00. The van der Waals surface area contributed by atoms with Gasteiger partial charge in [-0.2, -0.15) is 5.10 Å². The number of oxime groups is 1. The molecular formula is C16H21N3O2. The van der Waals surface area contributed by atoms with Crippen LogP contribution in [0.2, 0.25) is 0 Å². The van der Waals surface area contributed by atoms with Crippen LogP contribution in [0.15, 0.2) is 41.7 Å². The predicted molar refractivity (Wildman–Crippen MR) is 82.0 cm³/mol. The average Bonchev–Trinajstić information content (AvgIpc) is 2.97. The quantitative estimate of drug-likeness (QED) is 0.501. The van der Waals surface area contributed by atoms with E-state index in [0.717, 1.165) is 17.0 Å². The van der Waals surface area contributed by atoms with Crippen LogP contribution < -0.4 is 4.74 Å². The van der Waals surface area contributed by atoms with E-state index in [9.17, 15) is 0 Å². The lowest BCUT2D eigenvalue weighted by Crippen LogP contribution is -2.03. The van der Waals surface area contributed by atoms with Crippen molar-refractivity contribution in [2.45, 2.75) is 39.8 Å². The molecule has 2 rings (SSSR count).